The van der Waals surface area contributed by atoms with E-state index in [4.69, 9.17) is 7.48 Å². The van der Waals surface area contributed by atoms with Crippen molar-refractivity contribution in [3.05, 3.63) is 30.0 Å². The van der Waals surface area contributed by atoms with Crippen LogP contribution in [0.25, 0.3) is 10.9 Å². The molecule has 2 aromatic rings. The van der Waals surface area contributed by atoms with Crippen molar-refractivity contribution in [2.45, 2.75) is 63.8 Å². The number of benzene rings is 1. The van der Waals surface area contributed by atoms with E-state index in [1.165, 1.54) is 4.90 Å². The second-order valence-electron chi connectivity index (χ2n) is 9.57. The summed E-state index contributed by atoms with van der Waals surface area (Å²) in [5.41, 5.74) is 1.58. The minimum atomic E-state index is -1.45. The van der Waals surface area contributed by atoms with E-state index in [0.29, 0.717) is 24.5 Å². The first-order valence-corrected chi connectivity index (χ1v) is 12.2. The van der Waals surface area contributed by atoms with Gasteiger partial charge in [0.2, 0.25) is 11.8 Å². The summed E-state index contributed by atoms with van der Waals surface area (Å²) in [6, 6.07) is 5.63. The summed E-state index contributed by atoms with van der Waals surface area (Å²) in [5.74, 6) is 0.615. The third-order valence-corrected chi connectivity index (χ3v) is 7.47. The Bertz CT molecular complexity index is 1040. The number of imide groups is 1. The van der Waals surface area contributed by atoms with Gasteiger partial charge in [-0.1, -0.05) is 12.8 Å². The first-order chi connectivity index (χ1) is 16.4. The number of unbranched alkanes of at least 4 members (excludes halogenated alkanes) is 1. The molecule has 3 atom stereocenters. The normalized spacial score (nSPS) is 27.7. The van der Waals surface area contributed by atoms with Crippen LogP contribution in [0.1, 0.15) is 59.7 Å². The number of likely N-dealkylation sites (N-methyl/N-ethyl adjacent to an activating group) is 1. The van der Waals surface area contributed by atoms with Gasteiger partial charge in [0.1, 0.15) is 5.75 Å². The number of nitrogens with zero attached hydrogens (tertiary/aromatic N) is 2. The number of hydrogen-bond donors (Lipinski definition) is 1. The van der Waals surface area contributed by atoms with Gasteiger partial charge in [0.05, 0.1) is 18.4 Å². The lowest BCUT2D eigenvalue weighted by Crippen LogP contribution is -2.32. The Morgan fingerprint density at radius 2 is 1.88 bits per heavy atom. The molecule has 0 spiro atoms. The first kappa shape index (κ1) is 19.2. The molecule has 0 bridgehead atoms. The maximum atomic E-state index is 12.6. The molecule has 2 aliphatic heterocycles. The number of likely N-dealkylation sites (tertiary alicyclic amines) is 2. The largest absolute Gasteiger partial charge is 0.494 e. The number of nitrogens with one attached hydrogen (secondary N) is 1. The summed E-state index contributed by atoms with van der Waals surface area (Å²) in [6.07, 6.45) is 7.51. The molecule has 3 fully saturated rings. The number of ether oxygens (including phenoxy) is 1. The molecule has 0 radical (unpaired) electrons. The highest BCUT2D eigenvalue weighted by molar-refractivity contribution is 6.05. The first-order valence-electron chi connectivity index (χ1n) is 13.2. The highest BCUT2D eigenvalue weighted by atomic mass is 16.5. The number of carbonyl (C=O) groups excluding carboxylic acids is 2. The van der Waals surface area contributed by atoms with Gasteiger partial charge in [-0.15, -0.1) is 0 Å². The zero-order chi connectivity index (χ0) is 23.9. The smallest absolute Gasteiger partial charge is 0.233 e. The summed E-state index contributed by atoms with van der Waals surface area (Å²) in [5, 5.41) is 0.860. The summed E-state index contributed by atoms with van der Waals surface area (Å²) < 4.78 is 23.6. The molecule has 1 saturated carbocycles. The van der Waals surface area contributed by atoms with Crippen molar-refractivity contribution in [2.24, 2.45) is 11.8 Å². The molecule has 5 rings (SSSR count). The lowest BCUT2D eigenvalue weighted by atomic mass is 9.81. The van der Waals surface area contributed by atoms with Crippen LogP contribution in [0.2, 0.25) is 0 Å². The molecule has 172 valence electrons. The predicted molar refractivity (Wildman–Crippen MR) is 125 cm³/mol. The summed E-state index contributed by atoms with van der Waals surface area (Å²) in [7, 11) is 2.00. The van der Waals surface area contributed by atoms with Crippen LogP contribution >= 0.6 is 0 Å². The summed E-state index contributed by atoms with van der Waals surface area (Å²) in [4.78, 5) is 32.0. The van der Waals surface area contributed by atoms with Crippen LogP contribution in [0.4, 0.5) is 0 Å². The van der Waals surface area contributed by atoms with E-state index in [1.807, 2.05) is 25.2 Å². The van der Waals surface area contributed by atoms with E-state index in [9.17, 15) is 9.59 Å². The van der Waals surface area contributed by atoms with Gasteiger partial charge in [0.25, 0.3) is 0 Å². The zero-order valence-corrected chi connectivity index (χ0v) is 18.9. The molecule has 2 saturated heterocycles. The van der Waals surface area contributed by atoms with Gasteiger partial charge in [-0.25, -0.2) is 0 Å². The third-order valence-electron chi connectivity index (χ3n) is 7.47. The van der Waals surface area contributed by atoms with Gasteiger partial charge in [0, 0.05) is 32.4 Å². The van der Waals surface area contributed by atoms with Gasteiger partial charge in [0.15, 0.2) is 0 Å². The molecule has 3 aliphatic rings. The number of H-pyrrole nitrogens is 1. The minimum absolute atomic E-state index is 0.0308. The van der Waals surface area contributed by atoms with E-state index in [0.717, 1.165) is 68.8 Å². The molecule has 1 N–H and O–H groups in total. The topological polar surface area (TPSA) is 65.6 Å². The Morgan fingerprint density at radius 1 is 1.09 bits per heavy atom. The molecular formula is C26H35N3O3. The maximum absolute atomic E-state index is 12.6. The zero-order valence-electron chi connectivity index (χ0n) is 20.9. The molecule has 6 heteroatoms. The Kier molecular flexibility index (Phi) is 5.54. The predicted octanol–water partition coefficient (Wildman–Crippen LogP) is 4.14. The van der Waals surface area contributed by atoms with Gasteiger partial charge in [-0.3, -0.25) is 14.5 Å². The standard InChI is InChI=1S/C26H35N3O3/c1-28-12-6-7-19(28)15-18-17-27-24-11-10-20(16-23(18)24)32-14-5-4-13-29-25(30)21-8-2-3-9-22(21)26(29)31/h10-11,16-17,19,21-22,27H,2-9,12-15H2,1H3/t19-,21-,22+/m1/s1/i15D2. The Morgan fingerprint density at radius 3 is 2.59 bits per heavy atom. The van der Waals surface area contributed by atoms with Gasteiger partial charge >= 0.3 is 0 Å². The van der Waals surface area contributed by atoms with Crippen LogP contribution in [0, 0.1) is 11.8 Å². The van der Waals surface area contributed by atoms with Crippen molar-refractivity contribution < 1.29 is 17.1 Å². The molecule has 3 heterocycles. The Hall–Kier alpha value is -2.34. The monoisotopic (exact) mass is 439 g/mol. The minimum Gasteiger partial charge on any atom is -0.494 e. The molecule has 1 aromatic heterocycles. The van der Waals surface area contributed by atoms with Crippen LogP contribution in [0.5, 0.6) is 5.75 Å². The van der Waals surface area contributed by atoms with Crippen molar-refractivity contribution in [2.75, 3.05) is 26.7 Å². The fourth-order valence-corrected chi connectivity index (χ4v) is 5.59. The van der Waals surface area contributed by atoms with Gasteiger partial charge in [-0.05, 0) is 82.3 Å². The lowest BCUT2D eigenvalue weighted by Gasteiger charge is -2.19. The van der Waals surface area contributed by atoms with Crippen LogP contribution in [-0.4, -0.2) is 59.4 Å². The van der Waals surface area contributed by atoms with Gasteiger partial charge in [-0.2, -0.15) is 0 Å². The maximum Gasteiger partial charge on any atom is 0.233 e. The van der Waals surface area contributed by atoms with E-state index in [-0.39, 0.29) is 29.7 Å². The SMILES string of the molecule is [2H]C([2H])(c1c[nH]c2ccc(OCCCCN3C(=O)[C@H]4CCCC[C@H]4C3=O)cc12)[C@H]1CCCN1C. The van der Waals surface area contributed by atoms with Gasteiger partial charge < -0.3 is 14.6 Å². The Balaban J connectivity index is 1.17. The molecule has 6 nitrogen and oxygen atoms in total. The van der Waals surface area contributed by atoms with Crippen molar-refractivity contribution >= 4 is 22.7 Å². The van der Waals surface area contributed by atoms with Crippen molar-refractivity contribution in [1.29, 1.82) is 0 Å². The molecule has 1 aliphatic carbocycles. The van der Waals surface area contributed by atoms with E-state index in [2.05, 4.69) is 9.88 Å². The average Bonchev–Trinajstić information content (AvgIpc) is 3.52. The third kappa shape index (κ3) is 4.17. The van der Waals surface area contributed by atoms with E-state index in [1.54, 1.807) is 6.20 Å². The lowest BCUT2D eigenvalue weighted by molar-refractivity contribution is -0.140. The molecular weight excluding hydrogens is 402 g/mol. The molecule has 1 aromatic carbocycles. The van der Waals surface area contributed by atoms with Crippen LogP contribution in [0.15, 0.2) is 24.4 Å². The van der Waals surface area contributed by atoms with E-state index < -0.39 is 6.37 Å². The van der Waals surface area contributed by atoms with Crippen LogP contribution in [0.3, 0.4) is 0 Å². The van der Waals surface area contributed by atoms with Crippen molar-refractivity contribution in [1.82, 2.24) is 14.8 Å². The number of amides is 2. The highest BCUT2D eigenvalue weighted by Gasteiger charge is 2.47. The molecule has 2 amide bonds. The fraction of sp³-hybridized carbons (Fsp3) is 0.615. The number of aromatic amines is 1. The fourth-order valence-electron chi connectivity index (χ4n) is 5.59. The Labute approximate surface area is 193 Å². The quantitative estimate of drug-likeness (QED) is 0.496. The second kappa shape index (κ2) is 9.26. The molecule has 0 unspecified atom stereocenters. The number of aromatic nitrogens is 1. The number of fused-ring (bicyclic) bond motifs is 2. The number of rotatable bonds is 8. The number of carbonyl (C=O) groups is 2. The number of hydrogen-bond acceptors (Lipinski definition) is 4. The van der Waals surface area contributed by atoms with Crippen molar-refractivity contribution in [3.8, 4) is 5.75 Å². The summed E-state index contributed by atoms with van der Waals surface area (Å²) >= 11 is 0. The highest BCUT2D eigenvalue weighted by Crippen LogP contribution is 2.38. The van der Waals surface area contributed by atoms with E-state index >= 15 is 0 Å². The van der Waals surface area contributed by atoms with Crippen molar-refractivity contribution in [3.63, 3.8) is 0 Å². The summed E-state index contributed by atoms with van der Waals surface area (Å²) in [6.45, 7) is 1.90. The molecule has 32 heavy (non-hydrogen) atoms. The second-order valence-corrected chi connectivity index (χ2v) is 9.57. The average molecular weight is 440 g/mol. The van der Waals surface area contributed by atoms with Crippen LogP contribution in [-0.2, 0) is 16.0 Å². The van der Waals surface area contributed by atoms with Crippen LogP contribution < -0.4 is 4.74 Å².